The van der Waals surface area contributed by atoms with E-state index in [1.165, 1.54) is 17.4 Å². The van der Waals surface area contributed by atoms with E-state index in [0.29, 0.717) is 12.1 Å². The number of rotatable bonds is 4. The normalized spacial score (nSPS) is 15.8. The molecule has 0 radical (unpaired) electrons. The average Bonchev–Trinajstić information content (AvgIpc) is 3.07. The summed E-state index contributed by atoms with van der Waals surface area (Å²) in [6, 6.07) is 7.29. The highest BCUT2D eigenvalue weighted by Gasteiger charge is 2.13. The third-order valence-electron chi connectivity index (χ3n) is 3.76. The lowest BCUT2D eigenvalue weighted by atomic mass is 10.2. The van der Waals surface area contributed by atoms with Gasteiger partial charge in [0.1, 0.15) is 12.4 Å². The van der Waals surface area contributed by atoms with E-state index in [-0.39, 0.29) is 0 Å². The minimum absolute atomic E-state index is 0.636. The van der Waals surface area contributed by atoms with Crippen molar-refractivity contribution >= 4 is 17.0 Å². The van der Waals surface area contributed by atoms with Crippen LogP contribution in [0, 0.1) is 0 Å². The first kappa shape index (κ1) is 13.0. The molecular weight excluding hydrogens is 256 g/mol. The number of carbonyl (C=O) groups is 1. The number of ether oxygens (including phenoxy) is 1. The molecule has 2 aromatic rings. The van der Waals surface area contributed by atoms with Crippen LogP contribution in [-0.4, -0.2) is 46.9 Å². The summed E-state index contributed by atoms with van der Waals surface area (Å²) in [5, 5.41) is 9.94. The number of aromatic nitrogens is 1. The van der Waals surface area contributed by atoms with Crippen molar-refractivity contribution in [3.8, 4) is 5.75 Å². The van der Waals surface area contributed by atoms with E-state index in [1.54, 1.807) is 18.3 Å². The van der Waals surface area contributed by atoms with Crippen LogP contribution in [0.2, 0.25) is 0 Å². The number of nitrogens with zero attached hydrogens (tertiary/aromatic N) is 2. The van der Waals surface area contributed by atoms with Crippen molar-refractivity contribution in [3.05, 3.63) is 30.5 Å². The van der Waals surface area contributed by atoms with Crippen LogP contribution in [0.15, 0.2) is 30.5 Å². The summed E-state index contributed by atoms with van der Waals surface area (Å²) in [6.07, 6.45) is 3.13. The molecule has 5 heteroatoms. The van der Waals surface area contributed by atoms with Gasteiger partial charge in [0.15, 0.2) is 0 Å². The second kappa shape index (κ2) is 5.54. The molecule has 0 bridgehead atoms. The Hall–Kier alpha value is -2.01. The largest absolute Gasteiger partial charge is 0.492 e. The maximum Gasteiger partial charge on any atom is 0.416 e. The van der Waals surface area contributed by atoms with E-state index in [1.807, 2.05) is 12.1 Å². The predicted octanol–water partition coefficient (Wildman–Crippen LogP) is 2.64. The average molecular weight is 274 g/mol. The van der Waals surface area contributed by atoms with Gasteiger partial charge in [0, 0.05) is 18.1 Å². The number of benzene rings is 1. The Labute approximate surface area is 117 Å². The van der Waals surface area contributed by atoms with Crippen LogP contribution in [0.3, 0.4) is 0 Å². The van der Waals surface area contributed by atoms with E-state index in [9.17, 15) is 4.79 Å². The van der Waals surface area contributed by atoms with Gasteiger partial charge in [0.25, 0.3) is 0 Å². The Balaban J connectivity index is 1.72. The third kappa shape index (κ3) is 2.49. The molecule has 0 unspecified atom stereocenters. The van der Waals surface area contributed by atoms with Gasteiger partial charge < -0.3 is 9.84 Å². The zero-order chi connectivity index (χ0) is 13.9. The molecule has 20 heavy (non-hydrogen) atoms. The van der Waals surface area contributed by atoms with Crippen LogP contribution >= 0.6 is 0 Å². The maximum atomic E-state index is 11.1. The first-order valence-electron chi connectivity index (χ1n) is 6.94. The molecule has 1 aromatic carbocycles. The summed E-state index contributed by atoms with van der Waals surface area (Å²) in [5.41, 5.74) is 0.663. The van der Waals surface area contributed by atoms with E-state index < -0.39 is 6.09 Å². The van der Waals surface area contributed by atoms with Crippen molar-refractivity contribution in [3.63, 3.8) is 0 Å². The fourth-order valence-electron chi connectivity index (χ4n) is 2.72. The first-order valence-corrected chi connectivity index (χ1v) is 6.94. The Bertz CT molecular complexity index is 615. The Kier molecular flexibility index (Phi) is 3.60. The van der Waals surface area contributed by atoms with Crippen molar-refractivity contribution in [2.24, 2.45) is 0 Å². The van der Waals surface area contributed by atoms with Crippen LogP contribution in [0.4, 0.5) is 4.79 Å². The Morgan fingerprint density at radius 1 is 1.25 bits per heavy atom. The first-order chi connectivity index (χ1) is 9.75. The van der Waals surface area contributed by atoms with Gasteiger partial charge in [-0.05, 0) is 44.1 Å². The van der Waals surface area contributed by atoms with Gasteiger partial charge >= 0.3 is 6.09 Å². The maximum absolute atomic E-state index is 11.1. The van der Waals surface area contributed by atoms with Gasteiger partial charge in [-0.1, -0.05) is 6.07 Å². The van der Waals surface area contributed by atoms with E-state index in [0.717, 1.165) is 30.8 Å². The van der Waals surface area contributed by atoms with Gasteiger partial charge in [-0.3, -0.25) is 9.47 Å². The number of carboxylic acid groups (broad SMARTS) is 1. The fraction of sp³-hybridized carbons (Fsp3) is 0.400. The highest BCUT2D eigenvalue weighted by molar-refractivity contribution is 5.92. The molecule has 1 saturated heterocycles. The van der Waals surface area contributed by atoms with Crippen molar-refractivity contribution in [2.45, 2.75) is 12.8 Å². The second-order valence-electron chi connectivity index (χ2n) is 5.05. The van der Waals surface area contributed by atoms with Gasteiger partial charge in [0.2, 0.25) is 0 Å². The molecule has 3 rings (SSSR count). The minimum Gasteiger partial charge on any atom is -0.492 e. The van der Waals surface area contributed by atoms with Crippen LogP contribution < -0.4 is 4.74 Å². The molecule has 0 atom stereocenters. The van der Waals surface area contributed by atoms with Gasteiger partial charge in [-0.2, -0.15) is 0 Å². The molecular formula is C15H18N2O3. The molecule has 1 aromatic heterocycles. The Morgan fingerprint density at radius 3 is 2.80 bits per heavy atom. The summed E-state index contributed by atoms with van der Waals surface area (Å²) < 4.78 is 7.04. The molecule has 1 aliphatic heterocycles. The lowest BCUT2D eigenvalue weighted by molar-refractivity contribution is 0.197. The highest BCUT2D eigenvalue weighted by Crippen LogP contribution is 2.26. The van der Waals surface area contributed by atoms with Crippen molar-refractivity contribution < 1.29 is 14.6 Å². The number of hydrogen-bond acceptors (Lipinski definition) is 3. The van der Waals surface area contributed by atoms with Gasteiger partial charge in [0.05, 0.1) is 5.52 Å². The Morgan fingerprint density at radius 2 is 2.05 bits per heavy atom. The quantitative estimate of drug-likeness (QED) is 0.931. The van der Waals surface area contributed by atoms with Crippen LogP contribution in [0.25, 0.3) is 10.9 Å². The molecule has 1 N–H and O–H groups in total. The number of likely N-dealkylation sites (tertiary alicyclic amines) is 1. The fourth-order valence-corrected chi connectivity index (χ4v) is 2.72. The molecule has 0 saturated carbocycles. The van der Waals surface area contributed by atoms with Crippen molar-refractivity contribution in [2.75, 3.05) is 26.2 Å². The van der Waals surface area contributed by atoms with Crippen LogP contribution in [0.1, 0.15) is 12.8 Å². The topological polar surface area (TPSA) is 54.7 Å². The monoisotopic (exact) mass is 274 g/mol. The summed E-state index contributed by atoms with van der Waals surface area (Å²) in [6.45, 7) is 3.87. The summed E-state index contributed by atoms with van der Waals surface area (Å²) >= 11 is 0. The van der Waals surface area contributed by atoms with Crippen LogP contribution in [-0.2, 0) is 0 Å². The molecule has 106 valence electrons. The molecule has 0 spiro atoms. The highest BCUT2D eigenvalue weighted by atomic mass is 16.5. The molecule has 0 aliphatic carbocycles. The predicted molar refractivity (Wildman–Crippen MR) is 76.5 cm³/mol. The van der Waals surface area contributed by atoms with E-state index in [4.69, 9.17) is 9.84 Å². The number of fused-ring (bicyclic) bond motifs is 1. The lowest BCUT2D eigenvalue weighted by Gasteiger charge is -2.15. The molecule has 2 heterocycles. The van der Waals surface area contributed by atoms with E-state index >= 15 is 0 Å². The zero-order valence-corrected chi connectivity index (χ0v) is 11.3. The van der Waals surface area contributed by atoms with Gasteiger partial charge in [-0.15, -0.1) is 0 Å². The van der Waals surface area contributed by atoms with Crippen molar-refractivity contribution in [1.29, 1.82) is 0 Å². The summed E-state index contributed by atoms with van der Waals surface area (Å²) in [4.78, 5) is 13.5. The molecule has 5 nitrogen and oxygen atoms in total. The zero-order valence-electron chi connectivity index (χ0n) is 11.3. The lowest BCUT2D eigenvalue weighted by Crippen LogP contribution is -2.25. The van der Waals surface area contributed by atoms with Crippen molar-refractivity contribution in [1.82, 2.24) is 9.47 Å². The minimum atomic E-state index is -0.978. The smallest absolute Gasteiger partial charge is 0.416 e. The summed E-state index contributed by atoms with van der Waals surface area (Å²) in [7, 11) is 0. The molecule has 1 aliphatic rings. The molecule has 1 fully saturated rings. The van der Waals surface area contributed by atoms with Gasteiger partial charge in [-0.25, -0.2) is 4.79 Å². The summed E-state index contributed by atoms with van der Waals surface area (Å²) in [5.74, 6) is 0.752. The van der Waals surface area contributed by atoms with Crippen LogP contribution in [0.5, 0.6) is 5.75 Å². The number of hydrogen-bond donors (Lipinski definition) is 1. The third-order valence-corrected chi connectivity index (χ3v) is 3.76. The van der Waals surface area contributed by atoms with E-state index in [2.05, 4.69) is 4.90 Å². The second-order valence-corrected chi connectivity index (χ2v) is 5.05. The SMILES string of the molecule is O=C(O)n1ccc2c(OCCN3CCCC3)cccc21. The molecule has 0 amide bonds. The standard InChI is InChI=1S/C15H18N2O3/c18-15(19)17-9-6-12-13(17)4-3-5-14(12)20-11-10-16-7-1-2-8-16/h3-6,9H,1-2,7-8,10-11H2,(H,18,19).